The first-order chi connectivity index (χ1) is 11.4. The minimum atomic E-state index is -0.0934. The highest BCUT2D eigenvalue weighted by Gasteiger charge is 2.14. The first-order valence-electron chi connectivity index (χ1n) is 8.41. The van der Waals surface area contributed by atoms with Crippen LogP contribution in [0.3, 0.4) is 0 Å². The molecule has 1 aliphatic rings. The molecule has 2 rings (SSSR count). The van der Waals surface area contributed by atoms with Crippen molar-refractivity contribution >= 4 is 0 Å². The molecule has 1 saturated heterocycles. The largest absolute Gasteiger partial charge is 0.361 e. The molecule has 0 N–H and O–H groups in total. The Morgan fingerprint density at radius 2 is 2.17 bits per heavy atom. The van der Waals surface area contributed by atoms with Crippen LogP contribution in [-0.2, 0) is 14.2 Å². The maximum atomic E-state index is 5.75. The van der Waals surface area contributed by atoms with E-state index >= 15 is 0 Å². The van der Waals surface area contributed by atoms with Crippen molar-refractivity contribution in [2.75, 3.05) is 19.8 Å². The van der Waals surface area contributed by atoms with Crippen molar-refractivity contribution in [3.63, 3.8) is 0 Å². The maximum absolute atomic E-state index is 5.75. The summed E-state index contributed by atoms with van der Waals surface area (Å²) in [4.78, 5) is 0. The molecule has 0 amide bonds. The van der Waals surface area contributed by atoms with Gasteiger partial charge in [-0.05, 0) is 44.2 Å². The van der Waals surface area contributed by atoms with Crippen molar-refractivity contribution in [1.29, 1.82) is 0 Å². The maximum Gasteiger partial charge on any atom is 0.157 e. The average Bonchev–Trinajstić information content (AvgIpc) is 2.62. The Kier molecular flexibility index (Phi) is 8.50. The van der Waals surface area contributed by atoms with Gasteiger partial charge in [-0.2, -0.15) is 0 Å². The molecule has 2 unspecified atom stereocenters. The van der Waals surface area contributed by atoms with Gasteiger partial charge in [0.25, 0.3) is 0 Å². The first kappa shape index (κ1) is 17.7. The predicted molar refractivity (Wildman–Crippen MR) is 92.0 cm³/mol. The lowest BCUT2D eigenvalue weighted by Gasteiger charge is -2.22. The highest BCUT2D eigenvalue weighted by atomic mass is 16.7. The summed E-state index contributed by atoms with van der Waals surface area (Å²) in [6, 6.07) is 9.97. The Balaban J connectivity index is 1.74. The van der Waals surface area contributed by atoms with E-state index in [9.17, 15) is 0 Å². The van der Waals surface area contributed by atoms with Crippen LogP contribution in [0.5, 0.6) is 0 Å². The van der Waals surface area contributed by atoms with Gasteiger partial charge in [-0.25, -0.2) is 0 Å². The van der Waals surface area contributed by atoms with Crippen LogP contribution in [0.25, 0.3) is 0 Å². The lowest BCUT2D eigenvalue weighted by Crippen LogP contribution is -2.23. The van der Waals surface area contributed by atoms with Crippen LogP contribution in [0.15, 0.2) is 43.0 Å². The van der Waals surface area contributed by atoms with Gasteiger partial charge in [0.2, 0.25) is 0 Å². The van der Waals surface area contributed by atoms with Gasteiger partial charge in [0, 0.05) is 18.8 Å². The lowest BCUT2D eigenvalue weighted by atomic mass is 10.1. The zero-order chi connectivity index (χ0) is 16.2. The van der Waals surface area contributed by atoms with E-state index in [0.717, 1.165) is 37.9 Å². The number of ether oxygens (including phenoxy) is 3. The van der Waals surface area contributed by atoms with Crippen LogP contribution in [0.2, 0.25) is 0 Å². The van der Waals surface area contributed by atoms with Gasteiger partial charge in [0.05, 0.1) is 6.61 Å². The van der Waals surface area contributed by atoms with Crippen LogP contribution < -0.4 is 0 Å². The molecule has 0 radical (unpaired) electrons. The van der Waals surface area contributed by atoms with Crippen LogP contribution in [0.4, 0.5) is 0 Å². The molecule has 3 heteroatoms. The molecule has 23 heavy (non-hydrogen) atoms. The third kappa shape index (κ3) is 7.47. The van der Waals surface area contributed by atoms with Crippen LogP contribution in [-0.4, -0.2) is 32.2 Å². The van der Waals surface area contributed by atoms with Crippen molar-refractivity contribution in [3.05, 3.63) is 48.6 Å². The number of hydrogen-bond acceptors (Lipinski definition) is 3. The van der Waals surface area contributed by atoms with E-state index in [1.165, 1.54) is 6.42 Å². The molecule has 1 aromatic carbocycles. The fraction of sp³-hybridized carbons (Fsp3) is 0.500. The van der Waals surface area contributed by atoms with E-state index in [0.29, 0.717) is 13.2 Å². The van der Waals surface area contributed by atoms with Crippen molar-refractivity contribution < 1.29 is 14.2 Å². The van der Waals surface area contributed by atoms with Gasteiger partial charge in [0.15, 0.2) is 6.29 Å². The van der Waals surface area contributed by atoms with E-state index in [4.69, 9.17) is 14.2 Å². The van der Waals surface area contributed by atoms with Gasteiger partial charge < -0.3 is 14.2 Å². The normalized spacial score (nSPS) is 18.7. The summed E-state index contributed by atoms with van der Waals surface area (Å²) in [5.74, 6) is 6.37. The smallest absolute Gasteiger partial charge is 0.157 e. The Labute approximate surface area is 139 Å². The minimum absolute atomic E-state index is 0.0216. The Morgan fingerprint density at radius 1 is 1.30 bits per heavy atom. The first-order valence-corrected chi connectivity index (χ1v) is 8.41. The Hall–Kier alpha value is -1.60. The zero-order valence-corrected chi connectivity index (χ0v) is 13.7. The number of hydrogen-bond donors (Lipinski definition) is 0. The zero-order valence-electron chi connectivity index (χ0n) is 13.7. The fourth-order valence-electron chi connectivity index (χ4n) is 2.39. The van der Waals surface area contributed by atoms with E-state index < -0.39 is 0 Å². The minimum Gasteiger partial charge on any atom is -0.361 e. The summed E-state index contributed by atoms with van der Waals surface area (Å²) in [5.41, 5.74) is 1.01. The van der Waals surface area contributed by atoms with Gasteiger partial charge >= 0.3 is 0 Å². The lowest BCUT2D eigenvalue weighted by molar-refractivity contribution is -0.163. The molecule has 0 aliphatic carbocycles. The van der Waals surface area contributed by atoms with Crippen molar-refractivity contribution in [2.45, 2.75) is 44.5 Å². The molecule has 1 aromatic rings. The quantitative estimate of drug-likeness (QED) is 0.413. The van der Waals surface area contributed by atoms with Gasteiger partial charge in [-0.3, -0.25) is 0 Å². The predicted octanol–water partition coefficient (Wildman–Crippen LogP) is 3.93. The summed E-state index contributed by atoms with van der Waals surface area (Å²) in [6.45, 7) is 5.71. The van der Waals surface area contributed by atoms with Crippen LogP contribution in [0, 0.1) is 11.8 Å². The average molecular weight is 314 g/mol. The third-order valence-corrected chi connectivity index (χ3v) is 3.62. The van der Waals surface area contributed by atoms with Gasteiger partial charge in [-0.1, -0.05) is 36.1 Å². The van der Waals surface area contributed by atoms with Crippen molar-refractivity contribution in [1.82, 2.24) is 0 Å². The summed E-state index contributed by atoms with van der Waals surface area (Å²) in [5, 5.41) is 0. The van der Waals surface area contributed by atoms with E-state index in [1.54, 1.807) is 6.08 Å². The highest BCUT2D eigenvalue weighted by molar-refractivity contribution is 5.34. The molecular weight excluding hydrogens is 288 g/mol. The Bertz CT molecular complexity index is 495. The molecule has 0 saturated carbocycles. The summed E-state index contributed by atoms with van der Waals surface area (Å²) >= 11 is 0. The van der Waals surface area contributed by atoms with Gasteiger partial charge in [-0.15, -0.1) is 6.58 Å². The third-order valence-electron chi connectivity index (χ3n) is 3.62. The second-order valence-electron chi connectivity index (χ2n) is 5.56. The van der Waals surface area contributed by atoms with Gasteiger partial charge in [0.1, 0.15) is 6.10 Å². The summed E-state index contributed by atoms with van der Waals surface area (Å²) < 4.78 is 17.0. The molecule has 2 atom stereocenters. The van der Waals surface area contributed by atoms with Crippen LogP contribution >= 0.6 is 0 Å². The topological polar surface area (TPSA) is 27.7 Å². The monoisotopic (exact) mass is 314 g/mol. The molecule has 1 fully saturated rings. The Morgan fingerprint density at radius 3 is 2.91 bits per heavy atom. The molecular formula is C20H26O3. The second kappa shape index (κ2) is 11.0. The standard InChI is InChI=1S/C20H26O3/c1-2-15-21-19(14-13-18-9-4-3-5-10-18)11-8-17-23-20-12-6-7-16-22-20/h2-5,9-10,19-20H,1,6-8,11-12,15-17H2. The molecule has 0 spiro atoms. The summed E-state index contributed by atoms with van der Waals surface area (Å²) in [7, 11) is 0. The second-order valence-corrected chi connectivity index (χ2v) is 5.56. The molecule has 3 nitrogen and oxygen atoms in total. The molecule has 1 heterocycles. The SMILES string of the molecule is C=CCOC(C#Cc1ccccc1)CCCOC1CCCCO1. The molecule has 124 valence electrons. The van der Waals surface area contributed by atoms with Crippen LogP contribution in [0.1, 0.15) is 37.7 Å². The molecule has 1 aliphatic heterocycles. The number of benzene rings is 1. The van der Waals surface area contributed by atoms with E-state index in [-0.39, 0.29) is 12.4 Å². The molecule has 0 aromatic heterocycles. The van der Waals surface area contributed by atoms with Crippen molar-refractivity contribution in [2.24, 2.45) is 0 Å². The molecule has 0 bridgehead atoms. The van der Waals surface area contributed by atoms with E-state index in [2.05, 4.69) is 18.4 Å². The van der Waals surface area contributed by atoms with Crippen molar-refractivity contribution in [3.8, 4) is 11.8 Å². The fourth-order valence-corrected chi connectivity index (χ4v) is 2.39. The van der Waals surface area contributed by atoms with E-state index in [1.807, 2.05) is 30.3 Å². The summed E-state index contributed by atoms with van der Waals surface area (Å²) in [6.07, 6.45) is 6.74. The highest BCUT2D eigenvalue weighted by Crippen LogP contribution is 2.14. The number of rotatable bonds is 8.